The first-order chi connectivity index (χ1) is 19.8. The van der Waals surface area contributed by atoms with E-state index in [9.17, 15) is 0 Å². The molecule has 2 aliphatic rings. The molecule has 0 amide bonds. The quantitative estimate of drug-likeness (QED) is 0.222. The number of aromatic nitrogens is 1. The van der Waals surface area contributed by atoms with Crippen LogP contribution in [-0.2, 0) is 0 Å². The second-order valence-electron chi connectivity index (χ2n) is 10.5. The Balaban J connectivity index is 1.27. The van der Waals surface area contributed by atoms with E-state index in [1.54, 1.807) is 0 Å². The van der Waals surface area contributed by atoms with Crippen LogP contribution in [0.1, 0.15) is 0 Å². The third-order valence-electron chi connectivity index (χ3n) is 8.27. The molecule has 186 valence electrons. The predicted octanol–water partition coefficient (Wildman–Crippen LogP) is 7.72. The van der Waals surface area contributed by atoms with Gasteiger partial charge in [0.15, 0.2) is 0 Å². The van der Waals surface area contributed by atoms with Crippen LogP contribution in [0, 0.1) is 0 Å². The minimum atomic E-state index is -0.235. The van der Waals surface area contributed by atoms with Crippen LogP contribution < -0.4 is 20.3 Å². The minimum Gasteiger partial charge on any atom is -0.551 e. The molecule has 0 fully saturated rings. The monoisotopic (exact) mass is 511 g/mol. The summed E-state index contributed by atoms with van der Waals surface area (Å²) in [6.07, 6.45) is 0. The van der Waals surface area contributed by atoms with Crippen LogP contribution in [0.2, 0.25) is 0 Å². The van der Waals surface area contributed by atoms with Crippen molar-refractivity contribution in [2.45, 2.75) is 0 Å². The molecule has 0 atom stereocenters. The molecule has 3 heterocycles. The SMILES string of the molecule is c1ccc(-c2cc3c4c(c2)-c2ccccc2OB4c2ccc(-n4c5ccccc5c5ccccc54)cc2O3)cc1. The zero-order valence-electron chi connectivity index (χ0n) is 21.5. The number of nitrogens with zero attached hydrogens (tertiary/aromatic N) is 1. The molecular formula is C36H22BNO2. The third kappa shape index (κ3) is 3.02. The Hall–Kier alpha value is -5.22. The van der Waals surface area contributed by atoms with E-state index in [-0.39, 0.29) is 6.92 Å². The Kier molecular flexibility index (Phi) is 4.41. The van der Waals surface area contributed by atoms with Gasteiger partial charge in [0.05, 0.1) is 11.0 Å². The fraction of sp³-hybridized carbons (Fsp3) is 0. The Labute approximate surface area is 232 Å². The van der Waals surface area contributed by atoms with Gasteiger partial charge >= 0.3 is 6.92 Å². The van der Waals surface area contributed by atoms with Gasteiger partial charge in [-0.1, -0.05) is 91.0 Å². The molecule has 0 aliphatic carbocycles. The van der Waals surface area contributed by atoms with E-state index >= 15 is 0 Å². The summed E-state index contributed by atoms with van der Waals surface area (Å²) in [4.78, 5) is 0. The van der Waals surface area contributed by atoms with Gasteiger partial charge in [-0.3, -0.25) is 0 Å². The van der Waals surface area contributed by atoms with Crippen LogP contribution in [-0.4, -0.2) is 11.5 Å². The van der Waals surface area contributed by atoms with E-state index in [4.69, 9.17) is 9.39 Å². The lowest BCUT2D eigenvalue weighted by molar-refractivity contribution is 0.479. The van der Waals surface area contributed by atoms with Gasteiger partial charge in [0.25, 0.3) is 0 Å². The van der Waals surface area contributed by atoms with Crippen molar-refractivity contribution in [2.75, 3.05) is 0 Å². The van der Waals surface area contributed by atoms with E-state index < -0.39 is 0 Å². The summed E-state index contributed by atoms with van der Waals surface area (Å²) in [5.41, 5.74) is 10.1. The summed E-state index contributed by atoms with van der Waals surface area (Å²) in [5.74, 6) is 2.57. The summed E-state index contributed by atoms with van der Waals surface area (Å²) >= 11 is 0. The summed E-state index contributed by atoms with van der Waals surface area (Å²) in [6, 6.07) is 46.9. The van der Waals surface area contributed by atoms with Gasteiger partial charge in [0.1, 0.15) is 17.2 Å². The standard InChI is InChI=1S/C36H22BNO2/c1-2-10-23(11-3-1)24-20-29-28-14-6-9-17-33(28)40-37-30-19-18-25(22-34(30)39-35(21-24)36(29)37)38-31-15-7-4-12-26(31)27-13-5-8-16-32(27)38/h1-22H. The molecule has 9 rings (SSSR count). The second-order valence-corrected chi connectivity index (χ2v) is 10.5. The molecule has 0 saturated heterocycles. The molecule has 4 heteroatoms. The maximum Gasteiger partial charge on any atom is 0.434 e. The summed E-state index contributed by atoms with van der Waals surface area (Å²) in [5, 5.41) is 2.48. The first kappa shape index (κ1) is 21.7. The lowest BCUT2D eigenvalue weighted by atomic mass is 9.50. The lowest BCUT2D eigenvalue weighted by Crippen LogP contribution is -2.53. The van der Waals surface area contributed by atoms with Crippen molar-refractivity contribution < 1.29 is 9.39 Å². The third-order valence-corrected chi connectivity index (χ3v) is 8.27. The number of benzene rings is 6. The highest BCUT2D eigenvalue weighted by Gasteiger charge is 2.41. The zero-order valence-corrected chi connectivity index (χ0v) is 21.5. The van der Waals surface area contributed by atoms with Crippen molar-refractivity contribution in [2.24, 2.45) is 0 Å². The van der Waals surface area contributed by atoms with Crippen molar-refractivity contribution in [1.29, 1.82) is 0 Å². The van der Waals surface area contributed by atoms with Gasteiger partial charge in [0, 0.05) is 39.0 Å². The van der Waals surface area contributed by atoms with E-state index in [2.05, 4.69) is 126 Å². The first-order valence-electron chi connectivity index (χ1n) is 13.6. The molecule has 2 aliphatic heterocycles. The maximum absolute atomic E-state index is 6.77. The lowest BCUT2D eigenvalue weighted by Gasteiger charge is -2.33. The molecule has 0 radical (unpaired) electrons. The molecule has 0 bridgehead atoms. The van der Waals surface area contributed by atoms with E-state index in [1.165, 1.54) is 27.4 Å². The van der Waals surface area contributed by atoms with Crippen molar-refractivity contribution in [3.05, 3.63) is 133 Å². The van der Waals surface area contributed by atoms with Crippen LogP contribution in [0.25, 0.3) is 49.7 Å². The smallest absolute Gasteiger partial charge is 0.434 e. The highest BCUT2D eigenvalue weighted by atomic mass is 16.5. The highest BCUT2D eigenvalue weighted by Crippen LogP contribution is 2.42. The van der Waals surface area contributed by atoms with Gasteiger partial charge in [0.2, 0.25) is 0 Å². The van der Waals surface area contributed by atoms with Gasteiger partial charge in [-0.15, -0.1) is 0 Å². The van der Waals surface area contributed by atoms with E-state index in [1.807, 2.05) is 12.1 Å². The largest absolute Gasteiger partial charge is 0.551 e. The molecule has 0 spiro atoms. The Morgan fingerprint density at radius 3 is 2.00 bits per heavy atom. The van der Waals surface area contributed by atoms with Crippen molar-refractivity contribution in [3.8, 4) is 45.2 Å². The molecule has 0 unspecified atom stereocenters. The average Bonchev–Trinajstić information content (AvgIpc) is 3.35. The molecule has 7 aromatic rings. The van der Waals surface area contributed by atoms with Gasteiger partial charge in [-0.05, 0) is 53.1 Å². The maximum atomic E-state index is 6.77. The summed E-state index contributed by atoms with van der Waals surface area (Å²) < 4.78 is 15.8. The fourth-order valence-electron chi connectivity index (χ4n) is 6.48. The van der Waals surface area contributed by atoms with Crippen LogP contribution in [0.5, 0.6) is 17.2 Å². The van der Waals surface area contributed by atoms with Crippen LogP contribution in [0.3, 0.4) is 0 Å². The topological polar surface area (TPSA) is 23.4 Å². The van der Waals surface area contributed by atoms with Crippen LogP contribution >= 0.6 is 0 Å². The molecule has 1 aromatic heterocycles. The summed E-state index contributed by atoms with van der Waals surface area (Å²) in [6.45, 7) is -0.235. The van der Waals surface area contributed by atoms with Gasteiger partial charge < -0.3 is 14.0 Å². The molecule has 0 saturated carbocycles. The second kappa shape index (κ2) is 8.14. The number of fused-ring (bicyclic) bond motifs is 7. The number of hydrogen-bond acceptors (Lipinski definition) is 2. The molecular weight excluding hydrogens is 489 g/mol. The van der Waals surface area contributed by atoms with Gasteiger partial charge in [-0.2, -0.15) is 0 Å². The fourth-order valence-corrected chi connectivity index (χ4v) is 6.48. The summed E-state index contributed by atoms with van der Waals surface area (Å²) in [7, 11) is 0. The number of para-hydroxylation sites is 3. The number of hydrogen-bond donors (Lipinski definition) is 0. The van der Waals surface area contributed by atoms with Gasteiger partial charge in [-0.25, -0.2) is 0 Å². The Bertz CT molecular complexity index is 2080. The predicted molar refractivity (Wildman–Crippen MR) is 164 cm³/mol. The molecule has 6 aromatic carbocycles. The van der Waals surface area contributed by atoms with Crippen molar-refractivity contribution >= 4 is 39.6 Å². The van der Waals surface area contributed by atoms with Crippen molar-refractivity contribution in [1.82, 2.24) is 4.57 Å². The zero-order chi connectivity index (χ0) is 26.2. The number of rotatable bonds is 2. The normalized spacial score (nSPS) is 12.8. The Morgan fingerprint density at radius 1 is 0.500 bits per heavy atom. The van der Waals surface area contributed by atoms with E-state index in [0.29, 0.717) is 0 Å². The van der Waals surface area contributed by atoms with Crippen LogP contribution in [0.4, 0.5) is 0 Å². The molecule has 40 heavy (non-hydrogen) atoms. The Morgan fingerprint density at radius 2 is 1.20 bits per heavy atom. The highest BCUT2D eigenvalue weighted by molar-refractivity contribution is 6.84. The average molecular weight is 511 g/mol. The molecule has 0 N–H and O–H groups in total. The first-order valence-corrected chi connectivity index (χ1v) is 13.6. The minimum absolute atomic E-state index is 0.235. The van der Waals surface area contributed by atoms with Crippen molar-refractivity contribution in [3.63, 3.8) is 0 Å². The molecule has 3 nitrogen and oxygen atoms in total. The number of ether oxygens (including phenoxy) is 1. The van der Waals surface area contributed by atoms with Crippen LogP contribution in [0.15, 0.2) is 133 Å². The van der Waals surface area contributed by atoms with E-state index in [0.717, 1.165) is 50.6 Å².